The van der Waals surface area contributed by atoms with Crippen molar-refractivity contribution in [1.82, 2.24) is 0 Å². The lowest BCUT2D eigenvalue weighted by molar-refractivity contribution is -0.142. The quantitative estimate of drug-likeness (QED) is 0.754. The Balaban J connectivity index is 2.48. The average Bonchev–Trinajstić information content (AvgIpc) is 2.63. The first-order valence-corrected chi connectivity index (χ1v) is 5.89. The SMILES string of the molecule is COC(=O)C1CCCc2c1sc(N)c2C#N. The summed E-state index contributed by atoms with van der Waals surface area (Å²) in [5.74, 6) is -0.463. The molecule has 1 aromatic heterocycles. The van der Waals surface area contributed by atoms with Gasteiger partial charge >= 0.3 is 5.97 Å². The van der Waals surface area contributed by atoms with E-state index < -0.39 is 0 Å². The van der Waals surface area contributed by atoms with E-state index in [1.807, 2.05) is 0 Å². The van der Waals surface area contributed by atoms with Gasteiger partial charge < -0.3 is 10.5 Å². The Bertz CT molecular complexity index is 473. The first kappa shape index (κ1) is 11.0. The molecular weight excluding hydrogens is 224 g/mol. The maximum atomic E-state index is 11.6. The highest BCUT2D eigenvalue weighted by molar-refractivity contribution is 7.16. The van der Waals surface area contributed by atoms with E-state index in [4.69, 9.17) is 15.7 Å². The van der Waals surface area contributed by atoms with Crippen molar-refractivity contribution < 1.29 is 9.53 Å². The second kappa shape index (κ2) is 4.14. The van der Waals surface area contributed by atoms with Crippen LogP contribution in [0, 0.1) is 11.3 Å². The average molecular weight is 236 g/mol. The fraction of sp³-hybridized carbons (Fsp3) is 0.455. The van der Waals surface area contributed by atoms with Crippen LogP contribution in [0.15, 0.2) is 0 Å². The van der Waals surface area contributed by atoms with Crippen molar-refractivity contribution in [3.63, 3.8) is 0 Å². The number of nitrogen functional groups attached to an aromatic ring is 1. The first-order valence-electron chi connectivity index (χ1n) is 5.08. The fourth-order valence-electron chi connectivity index (χ4n) is 2.14. The topological polar surface area (TPSA) is 76.1 Å². The molecule has 84 valence electrons. The van der Waals surface area contributed by atoms with E-state index in [2.05, 4.69) is 6.07 Å². The highest BCUT2D eigenvalue weighted by atomic mass is 32.1. The van der Waals surface area contributed by atoms with E-state index in [0.717, 1.165) is 29.7 Å². The molecule has 5 heteroatoms. The molecule has 1 heterocycles. The Morgan fingerprint density at radius 1 is 1.69 bits per heavy atom. The van der Waals surface area contributed by atoms with Gasteiger partial charge in [0.1, 0.15) is 11.1 Å². The second-order valence-electron chi connectivity index (χ2n) is 3.76. The lowest BCUT2D eigenvalue weighted by atomic mass is 9.87. The van der Waals surface area contributed by atoms with Gasteiger partial charge in [0.2, 0.25) is 0 Å². The summed E-state index contributed by atoms with van der Waals surface area (Å²) in [5, 5.41) is 9.52. The number of methoxy groups -OCH3 is 1. The molecule has 0 amide bonds. The highest BCUT2D eigenvalue weighted by Crippen LogP contribution is 2.42. The molecule has 1 atom stereocenters. The van der Waals surface area contributed by atoms with E-state index in [9.17, 15) is 4.79 Å². The van der Waals surface area contributed by atoms with E-state index in [1.165, 1.54) is 18.4 Å². The van der Waals surface area contributed by atoms with Gasteiger partial charge in [-0.25, -0.2) is 0 Å². The number of ether oxygens (including phenoxy) is 1. The zero-order valence-electron chi connectivity index (χ0n) is 8.95. The van der Waals surface area contributed by atoms with Crippen LogP contribution in [0.5, 0.6) is 0 Å². The zero-order valence-corrected chi connectivity index (χ0v) is 9.76. The van der Waals surface area contributed by atoms with Crippen molar-refractivity contribution in [2.24, 2.45) is 0 Å². The van der Waals surface area contributed by atoms with Gasteiger partial charge in [0.25, 0.3) is 0 Å². The second-order valence-corrected chi connectivity index (χ2v) is 4.85. The number of fused-ring (bicyclic) bond motifs is 1. The lowest BCUT2D eigenvalue weighted by Gasteiger charge is -2.19. The maximum absolute atomic E-state index is 11.6. The smallest absolute Gasteiger partial charge is 0.313 e. The number of esters is 1. The van der Waals surface area contributed by atoms with Gasteiger partial charge in [0, 0.05) is 4.88 Å². The molecule has 4 nitrogen and oxygen atoms in total. The van der Waals surface area contributed by atoms with E-state index in [1.54, 1.807) is 0 Å². The summed E-state index contributed by atoms with van der Waals surface area (Å²) in [6.45, 7) is 0. The highest BCUT2D eigenvalue weighted by Gasteiger charge is 2.31. The molecule has 1 aliphatic rings. The van der Waals surface area contributed by atoms with Gasteiger partial charge in [-0.15, -0.1) is 11.3 Å². The molecule has 0 saturated heterocycles. The van der Waals surface area contributed by atoms with Crippen LogP contribution >= 0.6 is 11.3 Å². The van der Waals surface area contributed by atoms with Gasteiger partial charge in [0.05, 0.1) is 18.6 Å². The Kier molecular flexibility index (Phi) is 2.84. The predicted octanol–water partition coefficient (Wildman–Crippen LogP) is 1.79. The molecule has 0 fully saturated rings. The van der Waals surface area contributed by atoms with Crippen molar-refractivity contribution in [2.75, 3.05) is 12.8 Å². The van der Waals surface area contributed by atoms with Crippen molar-refractivity contribution in [3.05, 3.63) is 16.0 Å². The maximum Gasteiger partial charge on any atom is 0.313 e. The molecule has 1 aliphatic carbocycles. The molecule has 2 N–H and O–H groups in total. The number of nitrogens with two attached hydrogens (primary N) is 1. The summed E-state index contributed by atoms with van der Waals surface area (Å²) < 4.78 is 4.77. The largest absolute Gasteiger partial charge is 0.469 e. The number of hydrogen-bond donors (Lipinski definition) is 1. The van der Waals surface area contributed by atoms with Gasteiger partial charge in [-0.05, 0) is 24.8 Å². The third-order valence-corrected chi connectivity index (χ3v) is 4.07. The van der Waals surface area contributed by atoms with Crippen LogP contribution in [0.2, 0.25) is 0 Å². The summed E-state index contributed by atoms with van der Waals surface area (Å²) in [7, 11) is 1.39. The van der Waals surface area contributed by atoms with Crippen LogP contribution in [0.3, 0.4) is 0 Å². The van der Waals surface area contributed by atoms with E-state index in [-0.39, 0.29) is 11.9 Å². The van der Waals surface area contributed by atoms with Crippen LogP contribution in [-0.4, -0.2) is 13.1 Å². The molecule has 1 aromatic rings. The molecular formula is C11H12N2O2S. The molecule has 0 radical (unpaired) electrons. The number of nitrogens with zero attached hydrogens (tertiary/aromatic N) is 1. The van der Waals surface area contributed by atoms with E-state index in [0.29, 0.717) is 10.6 Å². The minimum absolute atomic E-state index is 0.230. The van der Waals surface area contributed by atoms with Gasteiger partial charge in [-0.2, -0.15) is 5.26 Å². The number of carbonyl (C=O) groups is 1. The Hall–Kier alpha value is -1.54. The van der Waals surface area contributed by atoms with E-state index >= 15 is 0 Å². The number of carbonyl (C=O) groups excluding carboxylic acids is 1. The molecule has 0 aliphatic heterocycles. The van der Waals surface area contributed by atoms with Gasteiger partial charge in [-0.3, -0.25) is 4.79 Å². The van der Waals surface area contributed by atoms with Gasteiger partial charge in [0.15, 0.2) is 0 Å². The number of nitriles is 1. The summed E-state index contributed by atoms with van der Waals surface area (Å²) >= 11 is 1.35. The Labute approximate surface area is 97.6 Å². The number of anilines is 1. The number of rotatable bonds is 1. The third kappa shape index (κ3) is 1.55. The number of hydrogen-bond acceptors (Lipinski definition) is 5. The summed E-state index contributed by atoms with van der Waals surface area (Å²) in [6.07, 6.45) is 2.52. The third-order valence-electron chi connectivity index (χ3n) is 2.90. The number of thiophene rings is 1. The molecule has 0 aromatic carbocycles. The van der Waals surface area contributed by atoms with Crippen molar-refractivity contribution in [1.29, 1.82) is 5.26 Å². The minimum Gasteiger partial charge on any atom is -0.469 e. The zero-order chi connectivity index (χ0) is 11.7. The van der Waals surface area contributed by atoms with Crippen molar-refractivity contribution >= 4 is 22.3 Å². The lowest BCUT2D eigenvalue weighted by Crippen LogP contribution is -2.18. The minimum atomic E-state index is -0.233. The predicted molar refractivity (Wildman–Crippen MR) is 61.1 cm³/mol. The Morgan fingerprint density at radius 2 is 2.44 bits per heavy atom. The molecule has 1 unspecified atom stereocenters. The summed E-state index contributed by atoms with van der Waals surface area (Å²) in [6, 6.07) is 2.11. The first-order chi connectivity index (χ1) is 7.69. The molecule has 0 bridgehead atoms. The summed E-state index contributed by atoms with van der Waals surface area (Å²) in [5.41, 5.74) is 7.28. The monoisotopic (exact) mass is 236 g/mol. The molecule has 0 saturated carbocycles. The summed E-state index contributed by atoms with van der Waals surface area (Å²) in [4.78, 5) is 12.5. The van der Waals surface area contributed by atoms with Crippen LogP contribution in [0.25, 0.3) is 0 Å². The van der Waals surface area contributed by atoms with Crippen LogP contribution in [-0.2, 0) is 16.0 Å². The standard InChI is InChI=1S/C11H12N2O2S/c1-15-11(14)7-4-2-3-6-8(5-12)10(13)16-9(6)7/h7H,2-4,13H2,1H3. The van der Waals surface area contributed by atoms with Crippen LogP contribution in [0.1, 0.15) is 34.8 Å². The molecule has 0 spiro atoms. The van der Waals surface area contributed by atoms with Gasteiger partial charge in [-0.1, -0.05) is 0 Å². The normalized spacial score (nSPS) is 18.6. The fourth-order valence-corrected chi connectivity index (χ4v) is 3.33. The molecule has 16 heavy (non-hydrogen) atoms. The van der Waals surface area contributed by atoms with Crippen LogP contribution < -0.4 is 5.73 Å². The van der Waals surface area contributed by atoms with Crippen LogP contribution in [0.4, 0.5) is 5.00 Å². The Morgan fingerprint density at radius 3 is 3.06 bits per heavy atom. The van der Waals surface area contributed by atoms with Crippen molar-refractivity contribution in [2.45, 2.75) is 25.2 Å². The molecule has 2 rings (SSSR count). The van der Waals surface area contributed by atoms with Crippen molar-refractivity contribution in [3.8, 4) is 6.07 Å².